The minimum absolute atomic E-state index is 0.142. The molecule has 2 atom stereocenters. The summed E-state index contributed by atoms with van der Waals surface area (Å²) in [6.45, 7) is 0. The Balaban J connectivity index is 2.20. The van der Waals surface area contributed by atoms with Crippen LogP contribution >= 0.6 is 15.9 Å². The first-order valence-corrected chi connectivity index (χ1v) is 6.98. The number of carbonyl (C=O) groups is 1. The van der Waals surface area contributed by atoms with Crippen molar-refractivity contribution < 1.29 is 4.79 Å². The lowest BCUT2D eigenvalue weighted by Crippen LogP contribution is -2.42. The second-order valence-corrected chi connectivity index (χ2v) is 5.67. The number of nitrogens with one attached hydrogen (secondary N) is 1. The molecule has 0 bridgehead atoms. The van der Waals surface area contributed by atoms with Crippen molar-refractivity contribution in [2.24, 2.45) is 11.5 Å². The van der Waals surface area contributed by atoms with Gasteiger partial charge in [-0.15, -0.1) is 0 Å². The quantitative estimate of drug-likeness (QED) is 0.800. The molecule has 0 heterocycles. The number of nitrogens with two attached hydrogens (primary N) is 2. The van der Waals surface area contributed by atoms with Gasteiger partial charge in [-0.25, -0.2) is 0 Å². The summed E-state index contributed by atoms with van der Waals surface area (Å²) in [6.07, 6.45) is 4.42. The van der Waals surface area contributed by atoms with Crippen LogP contribution in [0.5, 0.6) is 0 Å². The first kappa shape index (κ1) is 13.4. The van der Waals surface area contributed by atoms with E-state index < -0.39 is 5.91 Å². The van der Waals surface area contributed by atoms with Gasteiger partial charge >= 0.3 is 0 Å². The molecule has 5 N–H and O–H groups in total. The molecule has 5 heteroatoms. The van der Waals surface area contributed by atoms with Gasteiger partial charge in [0.05, 0.1) is 5.56 Å². The lowest BCUT2D eigenvalue weighted by molar-refractivity contribution is 0.100. The molecule has 18 heavy (non-hydrogen) atoms. The molecular weight excluding hydrogens is 294 g/mol. The van der Waals surface area contributed by atoms with Gasteiger partial charge in [-0.3, -0.25) is 4.79 Å². The topological polar surface area (TPSA) is 81.1 Å². The molecule has 0 saturated heterocycles. The molecule has 2 unspecified atom stereocenters. The number of benzene rings is 1. The third-order valence-electron chi connectivity index (χ3n) is 3.41. The number of halogens is 1. The Kier molecular flexibility index (Phi) is 4.24. The standard InChI is InChI=1S/C13H18BrN3O/c14-8-5-6-11(9(7-8)13(16)18)17-12-4-2-1-3-10(12)15/h5-7,10,12,17H,1-4,15H2,(H2,16,18). The van der Waals surface area contributed by atoms with Crippen molar-refractivity contribution in [2.75, 3.05) is 5.32 Å². The number of carbonyl (C=O) groups excluding carboxylic acids is 1. The minimum atomic E-state index is -0.428. The van der Waals surface area contributed by atoms with E-state index >= 15 is 0 Å². The van der Waals surface area contributed by atoms with Crippen LogP contribution in [0.2, 0.25) is 0 Å². The maximum Gasteiger partial charge on any atom is 0.250 e. The van der Waals surface area contributed by atoms with E-state index in [1.807, 2.05) is 12.1 Å². The second-order valence-electron chi connectivity index (χ2n) is 4.75. The number of rotatable bonds is 3. The smallest absolute Gasteiger partial charge is 0.250 e. The van der Waals surface area contributed by atoms with E-state index in [2.05, 4.69) is 21.2 Å². The van der Waals surface area contributed by atoms with E-state index in [4.69, 9.17) is 11.5 Å². The van der Waals surface area contributed by atoms with Gasteiger partial charge < -0.3 is 16.8 Å². The molecule has 98 valence electrons. The maximum atomic E-state index is 11.4. The molecule has 1 aliphatic rings. The lowest BCUT2D eigenvalue weighted by Gasteiger charge is -2.30. The molecular formula is C13H18BrN3O. The summed E-state index contributed by atoms with van der Waals surface area (Å²) in [5, 5.41) is 3.36. The molecule has 0 spiro atoms. The van der Waals surface area contributed by atoms with Crippen molar-refractivity contribution in [3.63, 3.8) is 0 Å². The first-order valence-electron chi connectivity index (χ1n) is 6.19. The van der Waals surface area contributed by atoms with Gasteiger partial charge in [-0.2, -0.15) is 0 Å². The molecule has 1 amide bonds. The van der Waals surface area contributed by atoms with Crippen LogP contribution in [0.1, 0.15) is 36.0 Å². The van der Waals surface area contributed by atoms with Crippen molar-refractivity contribution in [1.82, 2.24) is 0 Å². The predicted molar refractivity (Wildman–Crippen MR) is 76.5 cm³/mol. The van der Waals surface area contributed by atoms with Crippen LogP contribution < -0.4 is 16.8 Å². The van der Waals surface area contributed by atoms with Crippen LogP contribution in [0.15, 0.2) is 22.7 Å². The van der Waals surface area contributed by atoms with Gasteiger partial charge in [0.15, 0.2) is 0 Å². The van der Waals surface area contributed by atoms with E-state index in [0.717, 1.165) is 23.0 Å². The Labute approximate surface area is 115 Å². The highest BCUT2D eigenvalue weighted by molar-refractivity contribution is 9.10. The summed E-state index contributed by atoms with van der Waals surface area (Å²) in [6, 6.07) is 5.86. The van der Waals surface area contributed by atoms with Crippen molar-refractivity contribution in [2.45, 2.75) is 37.8 Å². The zero-order chi connectivity index (χ0) is 13.1. The highest BCUT2D eigenvalue weighted by Gasteiger charge is 2.22. The summed E-state index contributed by atoms with van der Waals surface area (Å²) in [4.78, 5) is 11.4. The largest absolute Gasteiger partial charge is 0.380 e. The van der Waals surface area contributed by atoms with Crippen molar-refractivity contribution in [3.8, 4) is 0 Å². The lowest BCUT2D eigenvalue weighted by atomic mass is 9.90. The van der Waals surface area contributed by atoms with E-state index in [-0.39, 0.29) is 12.1 Å². The Morgan fingerprint density at radius 3 is 2.72 bits per heavy atom. The van der Waals surface area contributed by atoms with E-state index in [1.165, 1.54) is 12.8 Å². The van der Waals surface area contributed by atoms with Crippen LogP contribution in [-0.4, -0.2) is 18.0 Å². The highest BCUT2D eigenvalue weighted by atomic mass is 79.9. The van der Waals surface area contributed by atoms with E-state index in [9.17, 15) is 4.79 Å². The SMILES string of the molecule is NC(=O)c1cc(Br)ccc1NC1CCCCC1N. The number of amides is 1. The summed E-state index contributed by atoms with van der Waals surface area (Å²) < 4.78 is 0.842. The van der Waals surface area contributed by atoms with Gasteiger partial charge in [0.25, 0.3) is 5.91 Å². The Hall–Kier alpha value is -1.07. The molecule has 1 saturated carbocycles. The fraction of sp³-hybridized carbons (Fsp3) is 0.462. The second kappa shape index (κ2) is 5.71. The van der Waals surface area contributed by atoms with Crippen LogP contribution in [-0.2, 0) is 0 Å². The van der Waals surface area contributed by atoms with Crippen LogP contribution in [0.25, 0.3) is 0 Å². The predicted octanol–water partition coefficient (Wildman–Crippen LogP) is 2.23. The summed E-state index contributed by atoms with van der Waals surface area (Å²) >= 11 is 3.34. The Morgan fingerprint density at radius 2 is 2.06 bits per heavy atom. The van der Waals surface area contributed by atoms with Crippen molar-refractivity contribution >= 4 is 27.5 Å². The molecule has 1 aromatic rings. The summed E-state index contributed by atoms with van der Waals surface area (Å²) in [5.74, 6) is -0.428. The monoisotopic (exact) mass is 311 g/mol. The Bertz CT molecular complexity index is 450. The maximum absolute atomic E-state index is 11.4. The van der Waals surface area contributed by atoms with Gasteiger partial charge in [0.1, 0.15) is 0 Å². The number of anilines is 1. The molecule has 0 aromatic heterocycles. The van der Waals surface area contributed by atoms with Gasteiger partial charge in [-0.1, -0.05) is 28.8 Å². The Morgan fingerprint density at radius 1 is 1.33 bits per heavy atom. The number of hydrogen-bond donors (Lipinski definition) is 3. The summed E-state index contributed by atoms with van der Waals surface area (Å²) in [5.41, 5.74) is 12.8. The molecule has 1 fully saturated rings. The van der Waals surface area contributed by atoms with Crippen molar-refractivity contribution in [1.29, 1.82) is 0 Å². The molecule has 0 aliphatic heterocycles. The molecule has 4 nitrogen and oxygen atoms in total. The third-order valence-corrected chi connectivity index (χ3v) is 3.90. The molecule has 1 aromatic carbocycles. The summed E-state index contributed by atoms with van der Waals surface area (Å²) in [7, 11) is 0. The van der Waals surface area contributed by atoms with Crippen LogP contribution in [0.3, 0.4) is 0 Å². The number of primary amides is 1. The number of hydrogen-bond acceptors (Lipinski definition) is 3. The highest BCUT2D eigenvalue weighted by Crippen LogP contribution is 2.25. The minimum Gasteiger partial charge on any atom is -0.380 e. The zero-order valence-corrected chi connectivity index (χ0v) is 11.7. The van der Waals surface area contributed by atoms with Crippen molar-refractivity contribution in [3.05, 3.63) is 28.2 Å². The van der Waals surface area contributed by atoms with E-state index in [0.29, 0.717) is 5.56 Å². The molecule has 2 rings (SSSR count). The van der Waals surface area contributed by atoms with Gasteiger partial charge in [-0.05, 0) is 31.0 Å². The first-order chi connectivity index (χ1) is 8.58. The third kappa shape index (κ3) is 3.03. The van der Waals surface area contributed by atoms with Crippen LogP contribution in [0, 0.1) is 0 Å². The fourth-order valence-electron chi connectivity index (χ4n) is 2.38. The van der Waals surface area contributed by atoms with Crippen LogP contribution in [0.4, 0.5) is 5.69 Å². The average Bonchev–Trinajstić information content (AvgIpc) is 2.34. The van der Waals surface area contributed by atoms with Gasteiger partial charge in [0.2, 0.25) is 0 Å². The normalized spacial score (nSPS) is 23.7. The van der Waals surface area contributed by atoms with E-state index in [1.54, 1.807) is 6.07 Å². The molecule has 1 aliphatic carbocycles. The zero-order valence-electron chi connectivity index (χ0n) is 10.2. The van der Waals surface area contributed by atoms with Gasteiger partial charge in [0, 0.05) is 22.2 Å². The fourth-order valence-corrected chi connectivity index (χ4v) is 2.75. The average molecular weight is 312 g/mol. The molecule has 0 radical (unpaired) electrons.